The number of thiophene rings is 1. The zero-order valence-electron chi connectivity index (χ0n) is 10.5. The Labute approximate surface area is 123 Å². The maximum Gasteiger partial charge on any atom is 2.00 e. The summed E-state index contributed by atoms with van der Waals surface area (Å²) in [4.78, 5) is 0. The molecule has 0 spiro atoms. The molecule has 0 atom stereocenters. The van der Waals surface area contributed by atoms with Crippen molar-refractivity contribution in [1.29, 1.82) is 0 Å². The van der Waals surface area contributed by atoms with E-state index in [0.717, 1.165) is 10.8 Å². The fraction of sp³-hybridized carbons (Fsp3) is 0.600. The number of unbranched alkanes of at least 4 members (excludes halogenated alkanes) is 3. The van der Waals surface area contributed by atoms with Crippen molar-refractivity contribution in [1.82, 2.24) is 0 Å². The summed E-state index contributed by atoms with van der Waals surface area (Å²) in [5.74, 6) is 0. The van der Waals surface area contributed by atoms with Crippen LogP contribution < -0.4 is 0 Å². The second-order valence-corrected chi connectivity index (χ2v) is 6.16. The van der Waals surface area contributed by atoms with Gasteiger partial charge in [-0.25, -0.2) is 0 Å². The minimum absolute atomic E-state index is 0. The molecule has 1 aromatic heterocycles. The van der Waals surface area contributed by atoms with Crippen LogP contribution in [-0.4, -0.2) is 23.1 Å². The van der Waals surface area contributed by atoms with E-state index in [2.05, 4.69) is 28.9 Å². The zero-order chi connectivity index (χ0) is 9.68. The van der Waals surface area contributed by atoms with Gasteiger partial charge in [0.1, 0.15) is 0 Å². The van der Waals surface area contributed by atoms with Crippen LogP contribution in [0.5, 0.6) is 0 Å². The van der Waals surface area contributed by atoms with Crippen LogP contribution in [0.2, 0.25) is 4.34 Å². The van der Waals surface area contributed by atoms with Gasteiger partial charge in [-0.3, -0.25) is 0 Å². The van der Waals surface area contributed by atoms with Crippen molar-refractivity contribution in [3.8, 4) is 0 Å². The van der Waals surface area contributed by atoms with Gasteiger partial charge >= 0.3 is 23.1 Å². The van der Waals surface area contributed by atoms with Gasteiger partial charge < -0.3 is 2.85 Å². The maximum absolute atomic E-state index is 5.89. The summed E-state index contributed by atoms with van der Waals surface area (Å²) in [6.45, 7) is 2.23. The summed E-state index contributed by atoms with van der Waals surface area (Å²) in [6.07, 6.45) is 6.40. The van der Waals surface area contributed by atoms with E-state index in [1.807, 2.05) is 0 Å². The molecular weight excluding hydrogens is 292 g/mol. The number of hydrogen-bond donors (Lipinski definition) is 0. The molecule has 0 radical (unpaired) electrons. The van der Waals surface area contributed by atoms with Crippen molar-refractivity contribution >= 4 is 61.9 Å². The van der Waals surface area contributed by atoms with Crippen molar-refractivity contribution in [3.63, 3.8) is 0 Å². The van der Waals surface area contributed by atoms with Gasteiger partial charge in [0, 0.05) is 0 Å². The van der Waals surface area contributed by atoms with Crippen molar-refractivity contribution in [2.45, 2.75) is 39.0 Å². The van der Waals surface area contributed by atoms with Gasteiger partial charge in [-0.1, -0.05) is 37.8 Å². The summed E-state index contributed by atoms with van der Waals surface area (Å²) in [6, 6.07) is 2.07. The third kappa shape index (κ3) is 5.36. The second kappa shape index (κ2) is 8.40. The van der Waals surface area contributed by atoms with E-state index >= 15 is 0 Å². The number of aryl methyl sites for hydroxylation is 1. The molecule has 0 bridgehead atoms. The van der Waals surface area contributed by atoms with Crippen molar-refractivity contribution < 1.29 is 2.85 Å². The van der Waals surface area contributed by atoms with Crippen LogP contribution in [0.4, 0.5) is 0 Å². The molecule has 0 nitrogen and oxygen atoms in total. The Morgan fingerprint density at radius 3 is 2.64 bits per heavy atom. The first-order valence-corrected chi connectivity index (χ1v) is 6.66. The SMILES string of the molecule is CCCCCCc1cc(Cl)sc1Br.[H-].[H-].[Mg+2]. The van der Waals surface area contributed by atoms with Gasteiger partial charge in [0.25, 0.3) is 0 Å². The van der Waals surface area contributed by atoms with Crippen LogP contribution in [0, 0.1) is 0 Å². The average Bonchev–Trinajstić information content (AvgIpc) is 2.39. The summed E-state index contributed by atoms with van der Waals surface area (Å²) in [5, 5.41) is 0. The normalized spacial score (nSPS) is 9.93. The molecular formula is C10H16BrClMgS. The third-order valence-corrected chi connectivity index (χ3v) is 4.12. The van der Waals surface area contributed by atoms with Crippen LogP contribution >= 0.6 is 38.9 Å². The Morgan fingerprint density at radius 1 is 1.43 bits per heavy atom. The minimum atomic E-state index is 0. The van der Waals surface area contributed by atoms with E-state index in [1.165, 1.54) is 35.0 Å². The molecule has 0 aromatic carbocycles. The Kier molecular flexibility index (Phi) is 9.14. The summed E-state index contributed by atoms with van der Waals surface area (Å²) in [7, 11) is 0. The van der Waals surface area contributed by atoms with E-state index in [-0.39, 0.29) is 25.9 Å². The molecule has 78 valence electrons. The molecule has 0 fully saturated rings. The summed E-state index contributed by atoms with van der Waals surface area (Å²) < 4.78 is 2.09. The van der Waals surface area contributed by atoms with Crippen LogP contribution in [0.3, 0.4) is 0 Å². The van der Waals surface area contributed by atoms with E-state index in [0.29, 0.717) is 0 Å². The van der Waals surface area contributed by atoms with Gasteiger partial charge in [0.2, 0.25) is 0 Å². The molecule has 0 saturated carbocycles. The largest absolute Gasteiger partial charge is 2.00 e. The predicted molar refractivity (Wildman–Crippen MR) is 72.9 cm³/mol. The first kappa shape index (κ1) is 15.2. The molecule has 0 aliphatic carbocycles. The predicted octanol–water partition coefficient (Wildman–Crippen LogP) is 5.13. The first-order chi connectivity index (χ1) is 6.24. The van der Waals surface area contributed by atoms with Crippen LogP contribution in [0.15, 0.2) is 9.85 Å². The molecule has 0 N–H and O–H groups in total. The molecule has 14 heavy (non-hydrogen) atoms. The van der Waals surface area contributed by atoms with E-state index in [1.54, 1.807) is 11.3 Å². The standard InChI is InChI=1S/C10H14BrClS.Mg.2H/c1-2-3-4-5-6-8-7-9(12)13-10(8)11;;;/h7H,2-6H2,1H3;;;/q;+2;2*-1. The van der Waals surface area contributed by atoms with Crippen LogP contribution in [0.1, 0.15) is 41.0 Å². The molecule has 1 heterocycles. The molecule has 0 unspecified atom stereocenters. The smallest absolute Gasteiger partial charge is 1.00 e. The van der Waals surface area contributed by atoms with Gasteiger partial charge in [0.05, 0.1) is 8.12 Å². The van der Waals surface area contributed by atoms with Crippen LogP contribution in [-0.2, 0) is 6.42 Å². The topological polar surface area (TPSA) is 0 Å². The Balaban J connectivity index is -0.000000563. The average molecular weight is 308 g/mol. The third-order valence-electron chi connectivity index (χ3n) is 2.03. The van der Waals surface area contributed by atoms with Crippen molar-refractivity contribution in [3.05, 3.63) is 19.8 Å². The summed E-state index contributed by atoms with van der Waals surface area (Å²) >= 11 is 11.0. The molecule has 4 heteroatoms. The molecule has 1 rings (SSSR count). The summed E-state index contributed by atoms with van der Waals surface area (Å²) in [5.41, 5.74) is 1.37. The number of halogens is 2. The van der Waals surface area contributed by atoms with Gasteiger partial charge in [-0.2, -0.15) is 0 Å². The number of hydrogen-bond acceptors (Lipinski definition) is 1. The Hall–Kier alpha value is 1.24. The van der Waals surface area contributed by atoms with E-state index in [4.69, 9.17) is 11.6 Å². The van der Waals surface area contributed by atoms with Gasteiger partial charge in [-0.15, -0.1) is 11.3 Å². The molecule has 0 saturated heterocycles. The molecule has 0 amide bonds. The van der Waals surface area contributed by atoms with Gasteiger partial charge in [0.15, 0.2) is 0 Å². The molecule has 0 aliphatic heterocycles. The van der Waals surface area contributed by atoms with Gasteiger partial charge in [-0.05, 0) is 40.4 Å². The zero-order valence-corrected chi connectivity index (χ0v) is 13.1. The minimum Gasteiger partial charge on any atom is -1.00 e. The fourth-order valence-corrected chi connectivity index (χ4v) is 3.43. The Bertz CT molecular complexity index is 271. The fourth-order valence-electron chi connectivity index (χ4n) is 1.29. The van der Waals surface area contributed by atoms with Crippen molar-refractivity contribution in [2.75, 3.05) is 0 Å². The van der Waals surface area contributed by atoms with E-state index in [9.17, 15) is 0 Å². The Morgan fingerprint density at radius 2 is 2.14 bits per heavy atom. The molecule has 1 aromatic rings. The van der Waals surface area contributed by atoms with Crippen LogP contribution in [0.25, 0.3) is 0 Å². The first-order valence-electron chi connectivity index (χ1n) is 4.67. The maximum atomic E-state index is 5.89. The quantitative estimate of drug-likeness (QED) is 0.522. The monoisotopic (exact) mass is 306 g/mol. The van der Waals surface area contributed by atoms with Crippen molar-refractivity contribution in [2.24, 2.45) is 0 Å². The molecule has 0 aliphatic rings. The van der Waals surface area contributed by atoms with E-state index < -0.39 is 0 Å². The second-order valence-electron chi connectivity index (χ2n) is 3.16. The number of rotatable bonds is 5.